The van der Waals surface area contributed by atoms with Crippen molar-refractivity contribution in [1.29, 1.82) is 0 Å². The number of nitrogens with one attached hydrogen (secondary N) is 1. The van der Waals surface area contributed by atoms with Gasteiger partial charge in [0.15, 0.2) is 0 Å². The molecule has 0 aromatic heterocycles. The summed E-state index contributed by atoms with van der Waals surface area (Å²) in [5, 5.41) is 2.56. The number of carbonyl (C=O) groups is 2. The van der Waals surface area contributed by atoms with E-state index in [1.165, 1.54) is 6.92 Å². The zero-order chi connectivity index (χ0) is 12.8. The monoisotopic (exact) mass is 231 g/mol. The summed E-state index contributed by atoms with van der Waals surface area (Å²) in [6, 6.07) is 0. The Kier molecular flexibility index (Phi) is 5.85. The summed E-state index contributed by atoms with van der Waals surface area (Å²) in [5.74, 6) is -0.349. The molecule has 0 aromatic rings. The first-order chi connectivity index (χ1) is 7.24. The quantitative estimate of drug-likeness (QED) is 0.750. The Morgan fingerprint density at radius 1 is 1.31 bits per heavy atom. The summed E-state index contributed by atoms with van der Waals surface area (Å²) >= 11 is 0. The van der Waals surface area contributed by atoms with Crippen molar-refractivity contribution in [3.8, 4) is 0 Å². The van der Waals surface area contributed by atoms with Gasteiger partial charge in [-0.05, 0) is 27.2 Å². The van der Waals surface area contributed by atoms with Crippen LogP contribution in [0.5, 0.6) is 0 Å². The molecule has 0 spiro atoms. The van der Waals surface area contributed by atoms with Crippen molar-refractivity contribution < 1.29 is 19.1 Å². The fourth-order valence-electron chi connectivity index (χ4n) is 1.02. The van der Waals surface area contributed by atoms with Crippen LogP contribution in [0.25, 0.3) is 0 Å². The molecule has 0 heterocycles. The number of ether oxygens (including phenoxy) is 2. The van der Waals surface area contributed by atoms with Crippen molar-refractivity contribution >= 4 is 12.1 Å². The van der Waals surface area contributed by atoms with Gasteiger partial charge in [0, 0.05) is 6.92 Å². The molecule has 1 N–H and O–H groups in total. The van der Waals surface area contributed by atoms with Crippen LogP contribution in [0.1, 0.15) is 41.0 Å². The molecule has 0 fully saturated rings. The number of alkyl carbamates (subject to hydrolysis) is 1. The predicted octanol–water partition coefficient (Wildman–Crippen LogP) is 1.85. The maximum absolute atomic E-state index is 11.3. The largest absolute Gasteiger partial charge is 0.461 e. The topological polar surface area (TPSA) is 64.6 Å². The highest BCUT2D eigenvalue weighted by molar-refractivity contribution is 5.68. The third kappa shape index (κ3) is 8.08. The van der Waals surface area contributed by atoms with Gasteiger partial charge in [0.1, 0.15) is 11.7 Å². The number of esters is 1. The van der Waals surface area contributed by atoms with Gasteiger partial charge >= 0.3 is 12.1 Å². The molecule has 0 aromatic carbocycles. The molecule has 0 rings (SSSR count). The lowest BCUT2D eigenvalue weighted by molar-refractivity contribution is -0.146. The summed E-state index contributed by atoms with van der Waals surface area (Å²) in [7, 11) is 0. The van der Waals surface area contributed by atoms with E-state index in [2.05, 4.69) is 5.32 Å². The van der Waals surface area contributed by atoms with Crippen molar-refractivity contribution in [3.05, 3.63) is 0 Å². The van der Waals surface area contributed by atoms with Gasteiger partial charge in [0.05, 0.1) is 6.54 Å². The molecule has 1 amide bonds. The van der Waals surface area contributed by atoms with E-state index in [4.69, 9.17) is 9.47 Å². The van der Waals surface area contributed by atoms with Gasteiger partial charge in [-0.25, -0.2) is 4.79 Å². The van der Waals surface area contributed by atoms with Crippen molar-refractivity contribution in [2.75, 3.05) is 6.54 Å². The van der Waals surface area contributed by atoms with Crippen molar-refractivity contribution in [2.24, 2.45) is 0 Å². The molecule has 0 saturated carbocycles. The second-order valence-electron chi connectivity index (χ2n) is 4.52. The van der Waals surface area contributed by atoms with E-state index >= 15 is 0 Å². The minimum Gasteiger partial charge on any atom is -0.461 e. The summed E-state index contributed by atoms with van der Waals surface area (Å²) in [6.07, 6.45) is -0.154. The summed E-state index contributed by atoms with van der Waals surface area (Å²) in [6.45, 7) is 8.85. The zero-order valence-corrected chi connectivity index (χ0v) is 10.6. The Balaban J connectivity index is 3.93. The van der Waals surface area contributed by atoms with E-state index in [9.17, 15) is 9.59 Å². The van der Waals surface area contributed by atoms with Crippen LogP contribution in [-0.2, 0) is 14.3 Å². The third-order valence-electron chi connectivity index (χ3n) is 1.66. The van der Waals surface area contributed by atoms with Crippen LogP contribution in [0.2, 0.25) is 0 Å². The van der Waals surface area contributed by atoms with E-state index in [1.807, 2.05) is 6.92 Å². The molecule has 0 aliphatic rings. The Morgan fingerprint density at radius 2 is 1.88 bits per heavy atom. The van der Waals surface area contributed by atoms with E-state index in [0.717, 1.165) is 0 Å². The van der Waals surface area contributed by atoms with E-state index in [1.54, 1.807) is 20.8 Å². The highest BCUT2D eigenvalue weighted by Crippen LogP contribution is 2.06. The lowest BCUT2D eigenvalue weighted by Gasteiger charge is -2.21. The number of hydrogen-bond donors (Lipinski definition) is 1. The molecule has 5 heteroatoms. The van der Waals surface area contributed by atoms with Crippen molar-refractivity contribution in [3.63, 3.8) is 0 Å². The standard InChI is InChI=1S/C11H21NO4/c1-6-9(15-8(2)13)7-12-10(14)16-11(3,4)5/h9H,6-7H2,1-5H3,(H,12,14)/t9-/m1/s1. The molecule has 1 atom stereocenters. The molecular formula is C11H21NO4. The molecule has 0 aliphatic heterocycles. The SMILES string of the molecule is CC[C@H](CNC(=O)OC(C)(C)C)OC(C)=O. The first kappa shape index (κ1) is 14.7. The molecule has 0 saturated heterocycles. The van der Waals surface area contributed by atoms with Crippen LogP contribution in [0.3, 0.4) is 0 Å². The molecule has 5 nitrogen and oxygen atoms in total. The highest BCUT2D eigenvalue weighted by atomic mass is 16.6. The smallest absolute Gasteiger partial charge is 0.407 e. The van der Waals surface area contributed by atoms with Gasteiger partial charge in [0.2, 0.25) is 0 Å². The van der Waals surface area contributed by atoms with Crippen LogP contribution in [0.4, 0.5) is 4.79 Å². The van der Waals surface area contributed by atoms with Crippen LogP contribution < -0.4 is 5.32 Å². The van der Waals surface area contributed by atoms with Crippen molar-refractivity contribution in [1.82, 2.24) is 5.32 Å². The Hall–Kier alpha value is -1.26. The summed E-state index contributed by atoms with van der Waals surface area (Å²) < 4.78 is 10.0. The number of hydrogen-bond acceptors (Lipinski definition) is 4. The first-order valence-electron chi connectivity index (χ1n) is 5.38. The van der Waals surface area contributed by atoms with Crippen LogP contribution in [0.15, 0.2) is 0 Å². The van der Waals surface area contributed by atoms with E-state index < -0.39 is 11.7 Å². The van der Waals surface area contributed by atoms with Gasteiger partial charge in [-0.1, -0.05) is 6.92 Å². The lowest BCUT2D eigenvalue weighted by atomic mass is 10.2. The molecular weight excluding hydrogens is 210 g/mol. The third-order valence-corrected chi connectivity index (χ3v) is 1.66. The minimum atomic E-state index is -0.521. The maximum atomic E-state index is 11.3. The predicted molar refractivity (Wildman–Crippen MR) is 60.1 cm³/mol. The summed E-state index contributed by atoms with van der Waals surface area (Å²) in [5.41, 5.74) is -0.521. The lowest BCUT2D eigenvalue weighted by Crippen LogP contribution is -2.38. The van der Waals surface area contributed by atoms with Gasteiger partial charge in [-0.15, -0.1) is 0 Å². The second-order valence-corrected chi connectivity index (χ2v) is 4.52. The van der Waals surface area contributed by atoms with Crippen LogP contribution in [0, 0.1) is 0 Å². The fraction of sp³-hybridized carbons (Fsp3) is 0.818. The Labute approximate surface area is 96.5 Å². The average Bonchev–Trinajstić information content (AvgIpc) is 2.08. The van der Waals surface area contributed by atoms with E-state index in [-0.39, 0.29) is 18.6 Å². The normalized spacial score (nSPS) is 12.8. The Bertz CT molecular complexity index is 245. The van der Waals surface area contributed by atoms with Crippen LogP contribution >= 0.6 is 0 Å². The van der Waals surface area contributed by atoms with Crippen molar-refractivity contribution in [2.45, 2.75) is 52.7 Å². The molecule has 0 aliphatic carbocycles. The fourth-order valence-corrected chi connectivity index (χ4v) is 1.02. The van der Waals surface area contributed by atoms with Gasteiger partial charge in [0.25, 0.3) is 0 Å². The average molecular weight is 231 g/mol. The second kappa shape index (κ2) is 6.35. The van der Waals surface area contributed by atoms with E-state index in [0.29, 0.717) is 6.42 Å². The Morgan fingerprint density at radius 3 is 2.25 bits per heavy atom. The number of rotatable bonds is 4. The van der Waals surface area contributed by atoms with Gasteiger partial charge in [-0.3, -0.25) is 4.79 Å². The molecule has 0 unspecified atom stereocenters. The molecule has 0 radical (unpaired) electrons. The zero-order valence-electron chi connectivity index (χ0n) is 10.6. The van der Waals surface area contributed by atoms with Gasteiger partial charge < -0.3 is 14.8 Å². The highest BCUT2D eigenvalue weighted by Gasteiger charge is 2.17. The minimum absolute atomic E-state index is 0.269. The van der Waals surface area contributed by atoms with Gasteiger partial charge in [-0.2, -0.15) is 0 Å². The summed E-state index contributed by atoms with van der Waals surface area (Å²) in [4.78, 5) is 22.0. The van der Waals surface area contributed by atoms with Crippen LogP contribution in [-0.4, -0.2) is 30.3 Å². The number of amides is 1. The molecule has 0 bridgehead atoms. The maximum Gasteiger partial charge on any atom is 0.407 e. The molecule has 16 heavy (non-hydrogen) atoms. The number of carbonyl (C=O) groups excluding carboxylic acids is 2. The molecule has 94 valence electrons. The first-order valence-corrected chi connectivity index (χ1v) is 5.38.